The minimum Gasteiger partial charge on any atom is -0.493 e. The van der Waals surface area contributed by atoms with Crippen molar-refractivity contribution in [3.63, 3.8) is 0 Å². The summed E-state index contributed by atoms with van der Waals surface area (Å²) >= 11 is 0. The molecule has 1 aromatic rings. The summed E-state index contributed by atoms with van der Waals surface area (Å²) in [5, 5.41) is 0. The quantitative estimate of drug-likeness (QED) is 0.514. The van der Waals surface area contributed by atoms with Crippen molar-refractivity contribution < 1.29 is 14.3 Å². The Morgan fingerprint density at radius 3 is 2.55 bits per heavy atom. The fraction of sp³-hybridized carbons (Fsp3) is 0.562. The predicted octanol–water partition coefficient (Wildman–Crippen LogP) is 2.51. The van der Waals surface area contributed by atoms with Crippen LogP contribution in [-0.2, 0) is 16.0 Å². The van der Waals surface area contributed by atoms with Crippen LogP contribution in [-0.4, -0.2) is 44.2 Å². The van der Waals surface area contributed by atoms with Gasteiger partial charge in [-0.15, -0.1) is 0 Å². The molecule has 0 saturated carbocycles. The first-order valence-electron chi connectivity index (χ1n) is 7.21. The zero-order valence-electron chi connectivity index (χ0n) is 12.7. The molecule has 0 radical (unpaired) electrons. The molecule has 1 rings (SSSR count). The molecule has 20 heavy (non-hydrogen) atoms. The Labute approximate surface area is 121 Å². The zero-order chi connectivity index (χ0) is 14.8. The van der Waals surface area contributed by atoms with E-state index in [0.717, 1.165) is 37.4 Å². The van der Waals surface area contributed by atoms with Crippen molar-refractivity contribution in [3.05, 3.63) is 29.8 Å². The van der Waals surface area contributed by atoms with E-state index in [4.69, 9.17) is 9.47 Å². The normalized spacial score (nSPS) is 10.6. The van der Waals surface area contributed by atoms with Crippen molar-refractivity contribution in [2.75, 3.05) is 33.4 Å². The number of carbonyl (C=O) groups is 1. The van der Waals surface area contributed by atoms with Gasteiger partial charge in [0.1, 0.15) is 5.75 Å². The lowest BCUT2D eigenvalue weighted by molar-refractivity contribution is -0.139. The highest BCUT2D eigenvalue weighted by molar-refractivity contribution is 5.73. The topological polar surface area (TPSA) is 38.8 Å². The Bertz CT molecular complexity index is 402. The first-order valence-corrected chi connectivity index (χ1v) is 7.21. The van der Waals surface area contributed by atoms with Crippen LogP contribution in [0, 0.1) is 0 Å². The van der Waals surface area contributed by atoms with Gasteiger partial charge in [-0.25, -0.2) is 0 Å². The molecular formula is C16H25NO3. The first kappa shape index (κ1) is 16.5. The molecule has 0 unspecified atom stereocenters. The van der Waals surface area contributed by atoms with Crippen molar-refractivity contribution in [3.8, 4) is 5.75 Å². The summed E-state index contributed by atoms with van der Waals surface area (Å²) in [6.07, 6.45) is 1.23. The summed E-state index contributed by atoms with van der Waals surface area (Å²) in [5.41, 5.74) is 0.877. The summed E-state index contributed by atoms with van der Waals surface area (Å²) in [7, 11) is 1.40. The molecule has 0 aromatic heterocycles. The fourth-order valence-corrected chi connectivity index (χ4v) is 2.03. The molecule has 0 atom stereocenters. The minimum atomic E-state index is -0.246. The van der Waals surface area contributed by atoms with Crippen LogP contribution in [0.15, 0.2) is 24.3 Å². The van der Waals surface area contributed by atoms with Crippen LogP contribution in [0.5, 0.6) is 5.75 Å². The van der Waals surface area contributed by atoms with Gasteiger partial charge in [-0.1, -0.05) is 32.0 Å². The Hall–Kier alpha value is -1.55. The third-order valence-corrected chi connectivity index (χ3v) is 3.31. The van der Waals surface area contributed by atoms with Crippen molar-refractivity contribution >= 4 is 5.97 Å². The molecule has 0 spiro atoms. The number of para-hydroxylation sites is 1. The zero-order valence-corrected chi connectivity index (χ0v) is 12.7. The van der Waals surface area contributed by atoms with Crippen LogP contribution in [0.25, 0.3) is 0 Å². The highest BCUT2D eigenvalue weighted by atomic mass is 16.5. The summed E-state index contributed by atoms with van der Waals surface area (Å²) in [5.74, 6) is 0.529. The van der Waals surface area contributed by atoms with Gasteiger partial charge in [0.25, 0.3) is 0 Å². The molecule has 0 N–H and O–H groups in total. The van der Waals surface area contributed by atoms with Crippen molar-refractivity contribution in [1.29, 1.82) is 0 Å². The van der Waals surface area contributed by atoms with Crippen LogP contribution in [0.1, 0.15) is 25.8 Å². The second kappa shape index (κ2) is 9.37. The highest BCUT2D eigenvalue weighted by Crippen LogP contribution is 2.19. The average Bonchev–Trinajstić information content (AvgIpc) is 2.48. The van der Waals surface area contributed by atoms with E-state index in [-0.39, 0.29) is 12.4 Å². The van der Waals surface area contributed by atoms with E-state index >= 15 is 0 Å². The summed E-state index contributed by atoms with van der Waals surface area (Å²) in [6, 6.07) is 7.62. The van der Waals surface area contributed by atoms with Crippen LogP contribution in [0.2, 0.25) is 0 Å². The molecule has 0 aliphatic carbocycles. The molecule has 4 heteroatoms. The molecular weight excluding hydrogens is 254 g/mol. The molecule has 0 aliphatic heterocycles. The third-order valence-electron chi connectivity index (χ3n) is 3.31. The van der Waals surface area contributed by atoms with Crippen LogP contribution in [0.3, 0.4) is 0 Å². The van der Waals surface area contributed by atoms with Gasteiger partial charge in [-0.2, -0.15) is 0 Å². The highest BCUT2D eigenvalue weighted by Gasteiger charge is 2.08. The number of esters is 1. The molecule has 0 saturated heterocycles. The monoisotopic (exact) mass is 279 g/mol. The lowest BCUT2D eigenvalue weighted by atomic mass is 10.1. The Morgan fingerprint density at radius 1 is 1.20 bits per heavy atom. The summed E-state index contributed by atoms with van der Waals surface area (Å²) in [6.45, 7) is 8.15. The number of benzene rings is 1. The minimum absolute atomic E-state index is 0.246. The maximum Gasteiger partial charge on any atom is 0.310 e. The van der Waals surface area contributed by atoms with Crippen molar-refractivity contribution in [2.24, 2.45) is 0 Å². The SMILES string of the molecule is CCN(CC)CCCOc1ccccc1CC(=O)OC. The predicted molar refractivity (Wildman–Crippen MR) is 80.1 cm³/mol. The second-order valence-corrected chi connectivity index (χ2v) is 4.59. The molecule has 0 amide bonds. The maximum atomic E-state index is 11.3. The number of nitrogens with zero attached hydrogens (tertiary/aromatic N) is 1. The lowest BCUT2D eigenvalue weighted by Gasteiger charge is -2.18. The molecule has 1 aromatic carbocycles. The standard InChI is InChI=1S/C16H25NO3/c1-4-17(5-2)11-8-12-20-15-10-7-6-9-14(15)13-16(18)19-3/h6-7,9-10H,4-5,8,11-13H2,1-3H3. The van der Waals surface area contributed by atoms with Gasteiger partial charge in [-0.3, -0.25) is 4.79 Å². The van der Waals surface area contributed by atoms with E-state index in [1.165, 1.54) is 7.11 Å². The smallest absolute Gasteiger partial charge is 0.310 e. The Morgan fingerprint density at radius 2 is 1.90 bits per heavy atom. The van der Waals surface area contributed by atoms with Gasteiger partial charge in [0.15, 0.2) is 0 Å². The molecule has 0 bridgehead atoms. The van der Waals surface area contributed by atoms with E-state index in [2.05, 4.69) is 18.7 Å². The average molecular weight is 279 g/mol. The van der Waals surface area contributed by atoms with Gasteiger partial charge in [-0.05, 0) is 25.6 Å². The van der Waals surface area contributed by atoms with Gasteiger partial charge < -0.3 is 14.4 Å². The Kier molecular flexibility index (Phi) is 7.73. The molecule has 0 heterocycles. The molecule has 112 valence electrons. The number of ether oxygens (including phenoxy) is 2. The van der Waals surface area contributed by atoms with E-state index in [1.54, 1.807) is 0 Å². The Balaban J connectivity index is 2.45. The molecule has 0 fully saturated rings. The van der Waals surface area contributed by atoms with E-state index < -0.39 is 0 Å². The largest absolute Gasteiger partial charge is 0.493 e. The van der Waals surface area contributed by atoms with Gasteiger partial charge >= 0.3 is 5.97 Å². The lowest BCUT2D eigenvalue weighted by Crippen LogP contribution is -2.25. The van der Waals surface area contributed by atoms with Crippen molar-refractivity contribution in [1.82, 2.24) is 4.90 Å². The maximum absolute atomic E-state index is 11.3. The number of hydrogen-bond donors (Lipinski definition) is 0. The third kappa shape index (κ3) is 5.61. The van der Waals surface area contributed by atoms with Crippen molar-refractivity contribution in [2.45, 2.75) is 26.7 Å². The molecule has 0 aliphatic rings. The van der Waals surface area contributed by atoms with Gasteiger partial charge in [0.2, 0.25) is 0 Å². The molecule has 4 nitrogen and oxygen atoms in total. The van der Waals surface area contributed by atoms with E-state index in [1.807, 2.05) is 24.3 Å². The van der Waals surface area contributed by atoms with Crippen LogP contribution >= 0.6 is 0 Å². The number of hydrogen-bond acceptors (Lipinski definition) is 4. The first-order chi connectivity index (χ1) is 9.71. The second-order valence-electron chi connectivity index (χ2n) is 4.59. The summed E-state index contributed by atoms with van der Waals surface area (Å²) < 4.78 is 10.5. The number of methoxy groups -OCH3 is 1. The van der Waals surface area contributed by atoms with E-state index in [9.17, 15) is 4.79 Å². The number of rotatable bonds is 9. The summed E-state index contributed by atoms with van der Waals surface area (Å²) in [4.78, 5) is 13.7. The van der Waals surface area contributed by atoms with Crippen LogP contribution in [0.4, 0.5) is 0 Å². The fourth-order valence-electron chi connectivity index (χ4n) is 2.03. The van der Waals surface area contributed by atoms with E-state index in [0.29, 0.717) is 6.61 Å². The van der Waals surface area contributed by atoms with Crippen LogP contribution < -0.4 is 4.74 Å². The van der Waals surface area contributed by atoms with Gasteiger partial charge in [0.05, 0.1) is 20.1 Å². The number of carbonyl (C=O) groups excluding carboxylic acids is 1. The van der Waals surface area contributed by atoms with Gasteiger partial charge in [0, 0.05) is 12.1 Å².